The lowest BCUT2D eigenvalue weighted by atomic mass is 10.4. The Kier molecular flexibility index (Phi) is 1.68. The van der Waals surface area contributed by atoms with Crippen LogP contribution in [0.25, 0.3) is 9.75 Å². The molecule has 3 heteroatoms. The highest BCUT2D eigenvalue weighted by molar-refractivity contribution is 7.23. The maximum Gasteiger partial charge on any atom is 0.0863 e. The van der Waals surface area contributed by atoms with Crippen molar-refractivity contribution in [3.8, 4) is 9.75 Å². The largest absolute Gasteiger partial charge is 0.391 e. The van der Waals surface area contributed by atoms with Crippen molar-refractivity contribution in [1.29, 1.82) is 0 Å². The van der Waals surface area contributed by atoms with E-state index in [1.54, 1.807) is 22.7 Å². The SMILES string of the molecule is Nc1ccc(-c2cccs2)s1. The molecule has 56 valence electrons. The third kappa shape index (κ3) is 1.29. The first-order chi connectivity index (χ1) is 5.36. The predicted molar refractivity (Wildman–Crippen MR) is 52.0 cm³/mol. The Morgan fingerprint density at radius 3 is 2.55 bits per heavy atom. The van der Waals surface area contributed by atoms with Crippen molar-refractivity contribution in [2.45, 2.75) is 0 Å². The number of nitrogen functional groups attached to an aromatic ring is 1. The van der Waals surface area contributed by atoms with Crippen LogP contribution in [0.15, 0.2) is 29.6 Å². The van der Waals surface area contributed by atoms with E-state index in [4.69, 9.17) is 5.73 Å². The summed E-state index contributed by atoms with van der Waals surface area (Å²) < 4.78 is 0. The number of thiophene rings is 2. The van der Waals surface area contributed by atoms with E-state index in [9.17, 15) is 0 Å². The molecule has 2 rings (SSSR count). The molecule has 0 saturated carbocycles. The molecule has 0 aliphatic carbocycles. The monoisotopic (exact) mass is 181 g/mol. The van der Waals surface area contributed by atoms with Gasteiger partial charge in [-0.3, -0.25) is 0 Å². The molecule has 1 nitrogen and oxygen atoms in total. The lowest BCUT2D eigenvalue weighted by molar-refractivity contribution is 1.91. The fraction of sp³-hybridized carbons (Fsp3) is 0. The lowest BCUT2D eigenvalue weighted by Gasteiger charge is -1.85. The molecular formula is C8H7NS2. The van der Waals surface area contributed by atoms with E-state index in [1.807, 2.05) is 6.07 Å². The van der Waals surface area contributed by atoms with Gasteiger partial charge >= 0.3 is 0 Å². The fourth-order valence-electron chi connectivity index (χ4n) is 0.904. The first kappa shape index (κ1) is 6.88. The fourth-order valence-corrected chi connectivity index (χ4v) is 2.51. The van der Waals surface area contributed by atoms with Crippen LogP contribution in [-0.4, -0.2) is 0 Å². The van der Waals surface area contributed by atoms with Crippen LogP contribution in [0.5, 0.6) is 0 Å². The molecule has 2 aromatic heterocycles. The van der Waals surface area contributed by atoms with Crippen LogP contribution in [0.2, 0.25) is 0 Å². The van der Waals surface area contributed by atoms with Gasteiger partial charge in [0.25, 0.3) is 0 Å². The van der Waals surface area contributed by atoms with Crippen molar-refractivity contribution in [1.82, 2.24) is 0 Å². The minimum atomic E-state index is 0.883. The van der Waals surface area contributed by atoms with E-state index in [-0.39, 0.29) is 0 Å². The summed E-state index contributed by atoms with van der Waals surface area (Å²) in [5.74, 6) is 0. The van der Waals surface area contributed by atoms with E-state index < -0.39 is 0 Å². The molecule has 0 aliphatic heterocycles. The van der Waals surface area contributed by atoms with Crippen LogP contribution in [0.3, 0.4) is 0 Å². The van der Waals surface area contributed by atoms with Crippen LogP contribution in [0.4, 0.5) is 5.00 Å². The third-order valence-corrected chi connectivity index (χ3v) is 3.37. The summed E-state index contributed by atoms with van der Waals surface area (Å²) >= 11 is 3.38. The summed E-state index contributed by atoms with van der Waals surface area (Å²) in [6.45, 7) is 0. The molecule has 0 aromatic carbocycles. The average molecular weight is 181 g/mol. The zero-order valence-corrected chi connectivity index (χ0v) is 7.41. The molecule has 0 bridgehead atoms. The summed E-state index contributed by atoms with van der Waals surface area (Å²) in [5, 5.41) is 2.96. The molecule has 0 aliphatic rings. The summed E-state index contributed by atoms with van der Waals surface area (Å²) in [6.07, 6.45) is 0. The van der Waals surface area contributed by atoms with Crippen LogP contribution in [-0.2, 0) is 0 Å². The molecule has 0 unspecified atom stereocenters. The number of hydrogen-bond acceptors (Lipinski definition) is 3. The first-order valence-corrected chi connectivity index (χ1v) is 4.95. The molecule has 11 heavy (non-hydrogen) atoms. The van der Waals surface area contributed by atoms with Gasteiger partial charge in [0.2, 0.25) is 0 Å². The topological polar surface area (TPSA) is 26.0 Å². The Hall–Kier alpha value is -0.800. The van der Waals surface area contributed by atoms with Gasteiger partial charge in [0.15, 0.2) is 0 Å². The van der Waals surface area contributed by atoms with E-state index in [2.05, 4.69) is 23.6 Å². The van der Waals surface area contributed by atoms with Gasteiger partial charge in [-0.2, -0.15) is 0 Å². The van der Waals surface area contributed by atoms with Crippen LogP contribution in [0, 0.1) is 0 Å². The maximum atomic E-state index is 5.61. The molecule has 0 fully saturated rings. The molecule has 0 spiro atoms. The second kappa shape index (κ2) is 2.68. The zero-order chi connectivity index (χ0) is 7.68. The van der Waals surface area contributed by atoms with Crippen molar-refractivity contribution >= 4 is 27.7 Å². The van der Waals surface area contributed by atoms with Crippen molar-refractivity contribution in [3.05, 3.63) is 29.6 Å². The van der Waals surface area contributed by atoms with E-state index in [0.717, 1.165) is 5.00 Å². The third-order valence-electron chi connectivity index (χ3n) is 1.39. The first-order valence-electron chi connectivity index (χ1n) is 3.25. The number of hydrogen-bond donors (Lipinski definition) is 1. The molecule has 2 aromatic rings. The van der Waals surface area contributed by atoms with Crippen molar-refractivity contribution in [3.63, 3.8) is 0 Å². The standard InChI is InChI=1S/C8H7NS2/c9-8-4-3-7(11-8)6-2-1-5-10-6/h1-5H,9H2. The second-order valence-electron chi connectivity index (χ2n) is 2.18. The summed E-state index contributed by atoms with van der Waals surface area (Å²) in [6, 6.07) is 8.16. The van der Waals surface area contributed by atoms with Gasteiger partial charge in [-0.05, 0) is 23.6 Å². The quantitative estimate of drug-likeness (QED) is 0.719. The molecule has 2 heterocycles. The zero-order valence-electron chi connectivity index (χ0n) is 5.78. The maximum absolute atomic E-state index is 5.61. The van der Waals surface area contributed by atoms with Crippen LogP contribution < -0.4 is 5.73 Å². The van der Waals surface area contributed by atoms with Gasteiger partial charge in [0.05, 0.1) is 5.00 Å². The van der Waals surface area contributed by atoms with Gasteiger partial charge in [0, 0.05) is 9.75 Å². The van der Waals surface area contributed by atoms with E-state index in [0.29, 0.717) is 0 Å². The normalized spacial score (nSPS) is 10.2. The number of rotatable bonds is 1. The van der Waals surface area contributed by atoms with Crippen LogP contribution >= 0.6 is 22.7 Å². The van der Waals surface area contributed by atoms with E-state index >= 15 is 0 Å². The van der Waals surface area contributed by atoms with Gasteiger partial charge in [0.1, 0.15) is 0 Å². The van der Waals surface area contributed by atoms with Crippen molar-refractivity contribution < 1.29 is 0 Å². The number of anilines is 1. The average Bonchev–Trinajstić information content (AvgIpc) is 2.55. The summed E-state index contributed by atoms with van der Waals surface area (Å²) in [7, 11) is 0. The van der Waals surface area contributed by atoms with Gasteiger partial charge < -0.3 is 5.73 Å². The van der Waals surface area contributed by atoms with Gasteiger partial charge in [-0.15, -0.1) is 22.7 Å². The molecule has 2 N–H and O–H groups in total. The van der Waals surface area contributed by atoms with Gasteiger partial charge in [-0.25, -0.2) is 0 Å². The highest BCUT2D eigenvalue weighted by atomic mass is 32.1. The lowest BCUT2D eigenvalue weighted by Crippen LogP contribution is -1.72. The summed E-state index contributed by atoms with van der Waals surface area (Å²) in [5.41, 5.74) is 5.61. The number of nitrogens with two attached hydrogens (primary N) is 1. The Labute approximate surface area is 73.1 Å². The highest BCUT2D eigenvalue weighted by Crippen LogP contribution is 2.32. The molecule has 0 amide bonds. The Morgan fingerprint density at radius 1 is 1.09 bits per heavy atom. The Morgan fingerprint density at radius 2 is 2.00 bits per heavy atom. The van der Waals surface area contributed by atoms with Crippen molar-refractivity contribution in [2.24, 2.45) is 0 Å². The smallest absolute Gasteiger partial charge is 0.0863 e. The van der Waals surface area contributed by atoms with Crippen LogP contribution in [0.1, 0.15) is 0 Å². The molecular weight excluding hydrogens is 174 g/mol. The molecule has 0 radical (unpaired) electrons. The molecule has 0 atom stereocenters. The van der Waals surface area contributed by atoms with Crippen molar-refractivity contribution in [2.75, 3.05) is 5.73 Å². The second-order valence-corrected chi connectivity index (χ2v) is 4.24. The highest BCUT2D eigenvalue weighted by Gasteiger charge is 1.99. The van der Waals surface area contributed by atoms with Gasteiger partial charge in [-0.1, -0.05) is 6.07 Å². The summed E-state index contributed by atoms with van der Waals surface area (Å²) in [4.78, 5) is 2.56. The minimum Gasteiger partial charge on any atom is -0.391 e. The Balaban J connectivity index is 2.45. The Bertz CT molecular complexity index is 335. The minimum absolute atomic E-state index is 0.883. The predicted octanol–water partition coefficient (Wildman–Crippen LogP) is 3.06. The molecule has 0 saturated heterocycles. The van der Waals surface area contributed by atoms with E-state index in [1.165, 1.54) is 9.75 Å².